The van der Waals surface area contributed by atoms with Crippen LogP contribution in [-0.2, 0) is 6.42 Å². The van der Waals surface area contributed by atoms with Gasteiger partial charge >= 0.3 is 0 Å². The Balaban J connectivity index is 2.58. The fourth-order valence-corrected chi connectivity index (χ4v) is 2.42. The smallest absolute Gasteiger partial charge is 0.150 e. The number of pyridine rings is 2. The zero-order chi connectivity index (χ0) is 12.7. The second kappa shape index (κ2) is 3.95. The molecule has 90 valence electrons. The molecule has 2 heterocycles. The molecule has 0 bridgehead atoms. The van der Waals surface area contributed by atoms with Crippen LogP contribution < -0.4 is 5.73 Å². The Morgan fingerprint density at radius 3 is 2.83 bits per heavy atom. The summed E-state index contributed by atoms with van der Waals surface area (Å²) in [6.07, 6.45) is 2.77. The van der Waals surface area contributed by atoms with Gasteiger partial charge in [0.25, 0.3) is 0 Å². The average Bonchev–Trinajstić information content (AvgIpc) is 2.38. The van der Waals surface area contributed by atoms with Crippen LogP contribution >= 0.6 is 0 Å². The van der Waals surface area contributed by atoms with Crippen LogP contribution in [0, 0.1) is 6.92 Å². The van der Waals surface area contributed by atoms with Crippen molar-refractivity contribution in [2.45, 2.75) is 20.3 Å². The van der Waals surface area contributed by atoms with Gasteiger partial charge in [-0.05, 0) is 36.6 Å². The topological polar surface area (TPSA) is 51.8 Å². The zero-order valence-corrected chi connectivity index (χ0v) is 10.6. The first kappa shape index (κ1) is 11.0. The molecule has 3 heteroatoms. The summed E-state index contributed by atoms with van der Waals surface area (Å²) < 4.78 is 0. The van der Waals surface area contributed by atoms with Gasteiger partial charge in [0.05, 0.1) is 5.52 Å². The number of hydrogen-bond donors (Lipinski definition) is 1. The van der Waals surface area contributed by atoms with E-state index in [0.717, 1.165) is 28.2 Å². The predicted octanol–water partition coefficient (Wildman–Crippen LogP) is 3.24. The highest BCUT2D eigenvalue weighted by molar-refractivity contribution is 6.09. The molecular formula is C15H15N3. The molecule has 0 aliphatic carbocycles. The van der Waals surface area contributed by atoms with E-state index in [1.54, 1.807) is 6.20 Å². The first-order valence-electron chi connectivity index (χ1n) is 6.14. The fraction of sp³-hybridized carbons (Fsp3) is 0.200. The molecule has 1 aromatic carbocycles. The number of benzene rings is 1. The summed E-state index contributed by atoms with van der Waals surface area (Å²) in [5.41, 5.74) is 10.2. The molecule has 0 radical (unpaired) electrons. The zero-order valence-electron chi connectivity index (χ0n) is 10.6. The highest BCUT2D eigenvalue weighted by atomic mass is 14.9. The number of anilines is 1. The quantitative estimate of drug-likeness (QED) is 0.661. The summed E-state index contributed by atoms with van der Waals surface area (Å²) in [7, 11) is 0. The van der Waals surface area contributed by atoms with E-state index in [0.29, 0.717) is 5.82 Å². The molecule has 3 rings (SSSR count). The molecule has 2 N–H and O–H groups in total. The summed E-state index contributed by atoms with van der Waals surface area (Å²) in [5.74, 6) is 0.512. The SMILES string of the molecule is CCc1ccnc2c(N)nc3cc(C)ccc3c12. The van der Waals surface area contributed by atoms with E-state index in [2.05, 4.69) is 48.1 Å². The van der Waals surface area contributed by atoms with Gasteiger partial charge in [0.15, 0.2) is 5.82 Å². The number of aromatic nitrogens is 2. The van der Waals surface area contributed by atoms with Gasteiger partial charge < -0.3 is 5.73 Å². The Morgan fingerprint density at radius 1 is 1.22 bits per heavy atom. The number of aryl methyl sites for hydroxylation is 2. The maximum atomic E-state index is 6.02. The van der Waals surface area contributed by atoms with E-state index in [1.165, 1.54) is 11.1 Å². The number of nitrogens with zero attached hydrogens (tertiary/aromatic N) is 2. The Kier molecular flexibility index (Phi) is 2.40. The molecule has 0 fully saturated rings. The summed E-state index contributed by atoms with van der Waals surface area (Å²) in [5, 5.41) is 2.28. The third-order valence-corrected chi connectivity index (χ3v) is 3.32. The predicted molar refractivity (Wildman–Crippen MR) is 75.6 cm³/mol. The minimum Gasteiger partial charge on any atom is -0.382 e. The number of nitrogens with two attached hydrogens (primary N) is 1. The van der Waals surface area contributed by atoms with Crippen molar-refractivity contribution < 1.29 is 0 Å². The molecule has 0 unspecified atom stereocenters. The van der Waals surface area contributed by atoms with Crippen LogP contribution in [0.3, 0.4) is 0 Å². The second-order valence-corrected chi connectivity index (χ2v) is 4.56. The van der Waals surface area contributed by atoms with Crippen molar-refractivity contribution in [1.29, 1.82) is 0 Å². The van der Waals surface area contributed by atoms with Crippen LogP contribution in [0.25, 0.3) is 21.8 Å². The molecule has 0 atom stereocenters. The monoisotopic (exact) mass is 237 g/mol. The van der Waals surface area contributed by atoms with E-state index in [4.69, 9.17) is 5.73 Å². The summed E-state index contributed by atoms with van der Waals surface area (Å²) >= 11 is 0. The van der Waals surface area contributed by atoms with Gasteiger partial charge in [-0.25, -0.2) is 4.98 Å². The number of fused-ring (bicyclic) bond motifs is 3. The highest BCUT2D eigenvalue weighted by Gasteiger charge is 2.10. The highest BCUT2D eigenvalue weighted by Crippen LogP contribution is 2.29. The Hall–Kier alpha value is -2.16. The van der Waals surface area contributed by atoms with E-state index < -0.39 is 0 Å². The molecule has 0 spiro atoms. The molecule has 3 nitrogen and oxygen atoms in total. The molecule has 0 aliphatic rings. The lowest BCUT2D eigenvalue weighted by molar-refractivity contribution is 1.15. The minimum atomic E-state index is 0.512. The maximum absolute atomic E-state index is 6.02. The first-order valence-corrected chi connectivity index (χ1v) is 6.14. The van der Waals surface area contributed by atoms with E-state index in [-0.39, 0.29) is 0 Å². The van der Waals surface area contributed by atoms with Crippen molar-refractivity contribution in [2.24, 2.45) is 0 Å². The van der Waals surface area contributed by atoms with E-state index in [1.807, 2.05) is 0 Å². The minimum absolute atomic E-state index is 0.512. The standard InChI is InChI=1S/C15H15N3/c1-3-10-6-7-17-14-13(10)11-5-4-9(2)8-12(11)18-15(14)16/h4-8H,3H2,1-2H3,(H2,16,18). The van der Waals surface area contributed by atoms with Gasteiger partial charge in [0.2, 0.25) is 0 Å². The van der Waals surface area contributed by atoms with Crippen molar-refractivity contribution in [3.63, 3.8) is 0 Å². The van der Waals surface area contributed by atoms with Gasteiger partial charge in [-0.1, -0.05) is 19.1 Å². The van der Waals surface area contributed by atoms with Crippen LogP contribution in [-0.4, -0.2) is 9.97 Å². The Labute approximate surface area is 106 Å². The summed E-state index contributed by atoms with van der Waals surface area (Å²) in [4.78, 5) is 8.83. The normalized spacial score (nSPS) is 11.2. The lowest BCUT2D eigenvalue weighted by Crippen LogP contribution is -1.97. The van der Waals surface area contributed by atoms with Crippen molar-refractivity contribution >= 4 is 27.6 Å². The number of nitrogen functional groups attached to an aromatic ring is 1. The largest absolute Gasteiger partial charge is 0.382 e. The van der Waals surface area contributed by atoms with Gasteiger partial charge in [-0.2, -0.15) is 0 Å². The van der Waals surface area contributed by atoms with Gasteiger partial charge in [-0.3, -0.25) is 4.98 Å². The molecule has 0 saturated heterocycles. The van der Waals surface area contributed by atoms with Crippen molar-refractivity contribution in [1.82, 2.24) is 9.97 Å². The van der Waals surface area contributed by atoms with Crippen LogP contribution in [0.4, 0.5) is 5.82 Å². The Morgan fingerprint density at radius 2 is 2.06 bits per heavy atom. The lowest BCUT2D eigenvalue weighted by atomic mass is 10.0. The third kappa shape index (κ3) is 1.51. The van der Waals surface area contributed by atoms with Crippen LogP contribution in [0.2, 0.25) is 0 Å². The van der Waals surface area contributed by atoms with Gasteiger partial charge in [0, 0.05) is 17.0 Å². The maximum Gasteiger partial charge on any atom is 0.150 e. The van der Waals surface area contributed by atoms with Crippen molar-refractivity contribution in [3.8, 4) is 0 Å². The molecule has 2 aromatic heterocycles. The molecular weight excluding hydrogens is 222 g/mol. The Bertz CT molecular complexity index is 747. The third-order valence-electron chi connectivity index (χ3n) is 3.32. The molecule has 18 heavy (non-hydrogen) atoms. The van der Waals surface area contributed by atoms with Crippen LogP contribution in [0.5, 0.6) is 0 Å². The van der Waals surface area contributed by atoms with Gasteiger partial charge in [0.1, 0.15) is 5.52 Å². The summed E-state index contributed by atoms with van der Waals surface area (Å²) in [6, 6.07) is 8.34. The van der Waals surface area contributed by atoms with Crippen LogP contribution in [0.1, 0.15) is 18.1 Å². The second-order valence-electron chi connectivity index (χ2n) is 4.56. The van der Waals surface area contributed by atoms with Crippen LogP contribution in [0.15, 0.2) is 30.5 Å². The summed E-state index contributed by atoms with van der Waals surface area (Å²) in [6.45, 7) is 4.21. The lowest BCUT2D eigenvalue weighted by Gasteiger charge is -2.09. The van der Waals surface area contributed by atoms with E-state index >= 15 is 0 Å². The van der Waals surface area contributed by atoms with E-state index in [9.17, 15) is 0 Å². The van der Waals surface area contributed by atoms with Crippen molar-refractivity contribution in [3.05, 3.63) is 41.6 Å². The molecule has 3 aromatic rings. The average molecular weight is 237 g/mol. The number of hydrogen-bond acceptors (Lipinski definition) is 3. The molecule has 0 saturated carbocycles. The molecule has 0 amide bonds. The number of rotatable bonds is 1. The molecule has 0 aliphatic heterocycles. The van der Waals surface area contributed by atoms with Gasteiger partial charge in [-0.15, -0.1) is 0 Å². The first-order chi connectivity index (χ1) is 8.70. The fourth-order valence-electron chi connectivity index (χ4n) is 2.42. The van der Waals surface area contributed by atoms with Crippen molar-refractivity contribution in [2.75, 3.05) is 5.73 Å².